The van der Waals surface area contributed by atoms with Crippen LogP contribution in [-0.2, 0) is 4.79 Å². The number of amides is 1. The van der Waals surface area contributed by atoms with Crippen LogP contribution in [0.1, 0.15) is 30.7 Å². The van der Waals surface area contributed by atoms with E-state index in [9.17, 15) is 4.79 Å². The molecule has 82 valence electrons. The molecule has 0 unspecified atom stereocenters. The number of thiophene rings is 1. The third-order valence-electron chi connectivity index (χ3n) is 2.48. The lowest BCUT2D eigenvalue weighted by atomic mass is 10.3. The first-order valence-corrected chi connectivity index (χ1v) is 6.20. The second-order valence-corrected chi connectivity index (χ2v) is 4.94. The third kappa shape index (κ3) is 3.32. The van der Waals surface area contributed by atoms with E-state index in [1.807, 2.05) is 24.4 Å². The van der Waals surface area contributed by atoms with E-state index in [4.69, 9.17) is 0 Å². The van der Waals surface area contributed by atoms with Crippen molar-refractivity contribution in [2.75, 3.05) is 6.54 Å². The van der Waals surface area contributed by atoms with Crippen molar-refractivity contribution in [1.29, 1.82) is 0 Å². The third-order valence-corrected chi connectivity index (χ3v) is 3.53. The molecule has 1 atom stereocenters. The topological polar surface area (TPSA) is 41.1 Å². The Labute approximate surface area is 93.9 Å². The predicted octanol–water partition coefficient (Wildman–Crippen LogP) is 1.68. The molecule has 0 aromatic carbocycles. The van der Waals surface area contributed by atoms with Gasteiger partial charge in [0, 0.05) is 10.9 Å². The van der Waals surface area contributed by atoms with Gasteiger partial charge in [0.05, 0.1) is 12.6 Å². The molecular formula is C11H16N2OS. The average Bonchev–Trinajstić information content (AvgIpc) is 2.87. The molecule has 1 heterocycles. The highest BCUT2D eigenvalue weighted by Gasteiger charge is 2.21. The van der Waals surface area contributed by atoms with Gasteiger partial charge in [-0.25, -0.2) is 0 Å². The summed E-state index contributed by atoms with van der Waals surface area (Å²) in [7, 11) is 0. The van der Waals surface area contributed by atoms with Crippen LogP contribution in [0.5, 0.6) is 0 Å². The van der Waals surface area contributed by atoms with Crippen LogP contribution < -0.4 is 10.6 Å². The molecule has 0 saturated heterocycles. The van der Waals surface area contributed by atoms with E-state index in [1.54, 1.807) is 11.3 Å². The molecule has 1 aliphatic rings. The van der Waals surface area contributed by atoms with E-state index in [-0.39, 0.29) is 11.9 Å². The summed E-state index contributed by atoms with van der Waals surface area (Å²) in [6.07, 6.45) is 2.43. The number of carbonyl (C=O) groups is 1. The standard InChI is InChI=1S/C11H16N2OS/c1-8(10-3-2-6-15-10)13-11(14)7-12-9-4-5-9/h2-3,6,8-9,12H,4-5,7H2,1H3,(H,13,14)/t8-/m1/s1. The SMILES string of the molecule is C[C@@H](NC(=O)CNC1CC1)c1cccs1. The van der Waals surface area contributed by atoms with Crippen LogP contribution in [0, 0.1) is 0 Å². The summed E-state index contributed by atoms with van der Waals surface area (Å²) < 4.78 is 0. The van der Waals surface area contributed by atoms with Crippen molar-refractivity contribution in [3.8, 4) is 0 Å². The normalized spacial score (nSPS) is 17.4. The smallest absolute Gasteiger partial charge is 0.234 e. The van der Waals surface area contributed by atoms with Gasteiger partial charge in [-0.05, 0) is 31.2 Å². The molecule has 3 nitrogen and oxygen atoms in total. The van der Waals surface area contributed by atoms with Gasteiger partial charge in [-0.2, -0.15) is 0 Å². The van der Waals surface area contributed by atoms with E-state index >= 15 is 0 Å². The van der Waals surface area contributed by atoms with Gasteiger partial charge >= 0.3 is 0 Å². The highest BCUT2D eigenvalue weighted by atomic mass is 32.1. The summed E-state index contributed by atoms with van der Waals surface area (Å²) in [6, 6.07) is 4.76. The Morgan fingerprint density at radius 1 is 1.67 bits per heavy atom. The molecule has 1 fully saturated rings. The molecule has 2 rings (SSSR count). The molecule has 2 N–H and O–H groups in total. The van der Waals surface area contributed by atoms with Crippen molar-refractivity contribution in [1.82, 2.24) is 10.6 Å². The summed E-state index contributed by atoms with van der Waals surface area (Å²) in [4.78, 5) is 12.7. The first-order valence-electron chi connectivity index (χ1n) is 5.32. The molecule has 0 bridgehead atoms. The van der Waals surface area contributed by atoms with Crippen LogP contribution >= 0.6 is 11.3 Å². The first-order chi connectivity index (χ1) is 7.25. The lowest BCUT2D eigenvalue weighted by Gasteiger charge is -2.12. The fourth-order valence-electron chi connectivity index (χ4n) is 1.43. The van der Waals surface area contributed by atoms with Crippen LogP contribution in [0.3, 0.4) is 0 Å². The second-order valence-electron chi connectivity index (χ2n) is 3.96. The molecule has 1 aliphatic carbocycles. The van der Waals surface area contributed by atoms with Crippen molar-refractivity contribution < 1.29 is 4.79 Å². The van der Waals surface area contributed by atoms with E-state index in [0.717, 1.165) is 0 Å². The quantitative estimate of drug-likeness (QED) is 0.799. The Bertz CT molecular complexity index is 319. The minimum Gasteiger partial charge on any atom is -0.348 e. The maximum Gasteiger partial charge on any atom is 0.234 e. The lowest BCUT2D eigenvalue weighted by molar-refractivity contribution is -0.120. The highest BCUT2D eigenvalue weighted by Crippen LogP contribution is 2.19. The Balaban J connectivity index is 1.72. The van der Waals surface area contributed by atoms with Gasteiger partial charge in [-0.15, -0.1) is 11.3 Å². The number of hydrogen-bond acceptors (Lipinski definition) is 3. The molecule has 0 radical (unpaired) electrons. The first kappa shape index (κ1) is 10.6. The number of hydrogen-bond donors (Lipinski definition) is 2. The summed E-state index contributed by atoms with van der Waals surface area (Å²) in [5.41, 5.74) is 0. The van der Waals surface area contributed by atoms with Crippen molar-refractivity contribution in [3.05, 3.63) is 22.4 Å². The van der Waals surface area contributed by atoms with E-state index < -0.39 is 0 Å². The van der Waals surface area contributed by atoms with Gasteiger partial charge in [-0.3, -0.25) is 4.79 Å². The number of carbonyl (C=O) groups excluding carboxylic acids is 1. The molecule has 1 aromatic rings. The Kier molecular flexibility index (Phi) is 3.38. The fourth-order valence-corrected chi connectivity index (χ4v) is 2.16. The van der Waals surface area contributed by atoms with E-state index in [2.05, 4.69) is 10.6 Å². The summed E-state index contributed by atoms with van der Waals surface area (Å²) >= 11 is 1.67. The van der Waals surface area contributed by atoms with Crippen molar-refractivity contribution in [2.24, 2.45) is 0 Å². The summed E-state index contributed by atoms with van der Waals surface area (Å²) in [6.45, 7) is 2.46. The monoisotopic (exact) mass is 224 g/mol. The van der Waals surface area contributed by atoms with E-state index in [0.29, 0.717) is 12.6 Å². The predicted molar refractivity (Wildman–Crippen MR) is 61.9 cm³/mol. The van der Waals surface area contributed by atoms with Gasteiger partial charge < -0.3 is 10.6 Å². The van der Waals surface area contributed by atoms with Crippen molar-refractivity contribution in [2.45, 2.75) is 31.8 Å². The highest BCUT2D eigenvalue weighted by molar-refractivity contribution is 7.10. The van der Waals surface area contributed by atoms with Crippen LogP contribution in [-0.4, -0.2) is 18.5 Å². The van der Waals surface area contributed by atoms with Gasteiger partial charge in [0.1, 0.15) is 0 Å². The van der Waals surface area contributed by atoms with Crippen LogP contribution in [0.4, 0.5) is 0 Å². The Morgan fingerprint density at radius 3 is 3.07 bits per heavy atom. The zero-order valence-electron chi connectivity index (χ0n) is 8.82. The summed E-state index contributed by atoms with van der Waals surface area (Å²) in [5, 5.41) is 8.20. The number of nitrogens with one attached hydrogen (secondary N) is 2. The minimum absolute atomic E-state index is 0.0859. The second kappa shape index (κ2) is 4.77. The van der Waals surface area contributed by atoms with Crippen molar-refractivity contribution >= 4 is 17.2 Å². The Morgan fingerprint density at radius 2 is 2.47 bits per heavy atom. The van der Waals surface area contributed by atoms with Gasteiger partial charge in [0.15, 0.2) is 0 Å². The zero-order chi connectivity index (χ0) is 10.7. The molecular weight excluding hydrogens is 208 g/mol. The minimum atomic E-state index is 0.0859. The fraction of sp³-hybridized carbons (Fsp3) is 0.545. The lowest BCUT2D eigenvalue weighted by Crippen LogP contribution is -2.35. The maximum absolute atomic E-state index is 11.5. The molecule has 0 aliphatic heterocycles. The van der Waals surface area contributed by atoms with Crippen molar-refractivity contribution in [3.63, 3.8) is 0 Å². The molecule has 4 heteroatoms. The molecule has 0 spiro atoms. The van der Waals surface area contributed by atoms with Gasteiger partial charge in [-0.1, -0.05) is 6.07 Å². The Hall–Kier alpha value is -0.870. The van der Waals surface area contributed by atoms with Crippen LogP contribution in [0.2, 0.25) is 0 Å². The molecule has 1 amide bonds. The van der Waals surface area contributed by atoms with E-state index in [1.165, 1.54) is 17.7 Å². The summed E-state index contributed by atoms with van der Waals surface area (Å²) in [5.74, 6) is 0.0859. The molecule has 1 aromatic heterocycles. The maximum atomic E-state index is 11.5. The largest absolute Gasteiger partial charge is 0.348 e. The zero-order valence-corrected chi connectivity index (χ0v) is 9.64. The molecule has 15 heavy (non-hydrogen) atoms. The van der Waals surface area contributed by atoms with Gasteiger partial charge in [0.25, 0.3) is 0 Å². The van der Waals surface area contributed by atoms with Gasteiger partial charge in [0.2, 0.25) is 5.91 Å². The van der Waals surface area contributed by atoms with Crippen LogP contribution in [0.25, 0.3) is 0 Å². The number of rotatable bonds is 5. The van der Waals surface area contributed by atoms with Crippen LogP contribution in [0.15, 0.2) is 17.5 Å². The molecule has 1 saturated carbocycles. The average molecular weight is 224 g/mol.